The Kier molecular flexibility index (Phi) is 5.15. The van der Waals surface area contributed by atoms with Gasteiger partial charge in [-0.3, -0.25) is 4.55 Å². The van der Waals surface area contributed by atoms with E-state index in [1.54, 1.807) is 0 Å². The molecule has 0 atom stereocenters. The van der Waals surface area contributed by atoms with E-state index in [9.17, 15) is 21.6 Å². The Labute approximate surface area is 98.0 Å². The Morgan fingerprint density at radius 2 is 1.65 bits per heavy atom. The van der Waals surface area contributed by atoms with E-state index in [0.717, 1.165) is 6.07 Å². The predicted octanol–water partition coefficient (Wildman–Crippen LogP) is 3.29. The van der Waals surface area contributed by atoms with E-state index < -0.39 is 26.8 Å². The summed E-state index contributed by atoms with van der Waals surface area (Å²) in [6, 6.07) is 2.58. The van der Waals surface area contributed by atoms with E-state index in [-0.39, 0.29) is 5.56 Å². The van der Waals surface area contributed by atoms with Crippen LogP contribution in [0.2, 0.25) is 0 Å². The highest BCUT2D eigenvalue weighted by Gasteiger charge is 2.36. The third kappa shape index (κ3) is 4.35. The van der Waals surface area contributed by atoms with Gasteiger partial charge in [0.25, 0.3) is 10.1 Å². The molecular weight excluding hydrogens is 257 g/mol. The van der Waals surface area contributed by atoms with E-state index in [1.807, 2.05) is 13.8 Å². The summed E-state index contributed by atoms with van der Waals surface area (Å²) in [7, 11) is -4.85. The molecule has 0 aliphatic heterocycles. The molecule has 1 N–H and O–H groups in total. The molecule has 0 aliphatic rings. The molecule has 0 heterocycles. The van der Waals surface area contributed by atoms with Gasteiger partial charge in [-0.05, 0) is 19.1 Å². The van der Waals surface area contributed by atoms with Gasteiger partial charge in [-0.15, -0.1) is 0 Å². The fraction of sp³-hybridized carbons (Fsp3) is 0.400. The van der Waals surface area contributed by atoms with Crippen molar-refractivity contribution in [1.82, 2.24) is 0 Å². The molecule has 0 aromatic heterocycles. The van der Waals surface area contributed by atoms with E-state index in [4.69, 9.17) is 4.55 Å². The number of hydrogen-bond donors (Lipinski definition) is 1. The van der Waals surface area contributed by atoms with Crippen LogP contribution in [-0.4, -0.2) is 13.0 Å². The first kappa shape index (κ1) is 15.9. The average Bonchev–Trinajstić information content (AvgIpc) is 2.17. The standard InChI is InChI=1S/C8H7F3O3S.C2H6/c1-5-2-3-7(15(12,13)14)6(4-5)8(9,10)11;1-2/h2-4H,1H3,(H,12,13,14);1-2H3. The second-order valence-corrected chi connectivity index (χ2v) is 4.36. The summed E-state index contributed by atoms with van der Waals surface area (Å²) in [5.74, 6) is 0. The molecule has 0 aliphatic carbocycles. The summed E-state index contributed by atoms with van der Waals surface area (Å²) in [4.78, 5) is -1.12. The summed E-state index contributed by atoms with van der Waals surface area (Å²) in [5, 5.41) is 0. The third-order valence-corrected chi connectivity index (χ3v) is 2.63. The van der Waals surface area contributed by atoms with Crippen molar-refractivity contribution in [2.75, 3.05) is 0 Å². The monoisotopic (exact) mass is 270 g/mol. The molecule has 0 radical (unpaired) electrons. The number of aryl methyl sites for hydroxylation is 1. The van der Waals surface area contributed by atoms with E-state index in [0.29, 0.717) is 6.07 Å². The van der Waals surface area contributed by atoms with E-state index in [1.165, 1.54) is 13.0 Å². The van der Waals surface area contributed by atoms with Crippen molar-refractivity contribution in [3.05, 3.63) is 29.3 Å². The topological polar surface area (TPSA) is 54.4 Å². The first-order valence-electron chi connectivity index (χ1n) is 4.78. The lowest BCUT2D eigenvalue weighted by atomic mass is 10.1. The molecule has 1 aromatic rings. The van der Waals surface area contributed by atoms with Gasteiger partial charge < -0.3 is 0 Å². The molecule has 0 saturated heterocycles. The van der Waals surface area contributed by atoms with Crippen LogP contribution in [0.5, 0.6) is 0 Å². The van der Waals surface area contributed by atoms with Gasteiger partial charge >= 0.3 is 6.18 Å². The zero-order chi connectivity index (χ0) is 13.9. The van der Waals surface area contributed by atoms with Gasteiger partial charge in [0.2, 0.25) is 0 Å². The Morgan fingerprint density at radius 1 is 1.18 bits per heavy atom. The Hall–Kier alpha value is -1.08. The van der Waals surface area contributed by atoms with Crippen LogP contribution >= 0.6 is 0 Å². The third-order valence-electron chi connectivity index (χ3n) is 1.72. The second-order valence-electron chi connectivity index (χ2n) is 2.97. The zero-order valence-electron chi connectivity index (χ0n) is 9.54. The van der Waals surface area contributed by atoms with Gasteiger partial charge in [-0.1, -0.05) is 25.5 Å². The molecule has 0 unspecified atom stereocenters. The molecule has 98 valence electrons. The maximum absolute atomic E-state index is 12.4. The van der Waals surface area contributed by atoms with E-state index in [2.05, 4.69) is 0 Å². The molecule has 0 spiro atoms. The highest BCUT2D eigenvalue weighted by atomic mass is 32.2. The molecule has 7 heteroatoms. The maximum Gasteiger partial charge on any atom is 0.417 e. The van der Waals surface area contributed by atoms with Crippen molar-refractivity contribution in [1.29, 1.82) is 0 Å². The van der Waals surface area contributed by atoms with Crippen LogP contribution in [0.15, 0.2) is 23.1 Å². The van der Waals surface area contributed by atoms with Crippen molar-refractivity contribution in [2.24, 2.45) is 0 Å². The normalized spacial score (nSPS) is 11.7. The number of hydrogen-bond acceptors (Lipinski definition) is 2. The minimum atomic E-state index is -4.85. The minimum absolute atomic E-state index is 0.259. The predicted molar refractivity (Wildman–Crippen MR) is 57.3 cm³/mol. The molecule has 1 rings (SSSR count). The molecule has 17 heavy (non-hydrogen) atoms. The summed E-state index contributed by atoms with van der Waals surface area (Å²) in [6.07, 6.45) is -4.81. The van der Waals surface area contributed by atoms with Crippen LogP contribution in [0.3, 0.4) is 0 Å². The molecule has 0 saturated carbocycles. The van der Waals surface area contributed by atoms with Crippen LogP contribution in [-0.2, 0) is 16.3 Å². The zero-order valence-corrected chi connectivity index (χ0v) is 10.4. The van der Waals surface area contributed by atoms with Crippen molar-refractivity contribution < 1.29 is 26.1 Å². The van der Waals surface area contributed by atoms with Gasteiger partial charge in [0.05, 0.1) is 5.56 Å². The Morgan fingerprint density at radius 3 is 2.00 bits per heavy atom. The maximum atomic E-state index is 12.4. The minimum Gasteiger partial charge on any atom is -0.282 e. The molecule has 0 fully saturated rings. The SMILES string of the molecule is CC.Cc1ccc(S(=O)(=O)O)c(C(F)(F)F)c1. The highest BCUT2D eigenvalue weighted by molar-refractivity contribution is 7.85. The second kappa shape index (κ2) is 5.50. The summed E-state index contributed by atoms with van der Waals surface area (Å²) in [6.45, 7) is 5.39. The van der Waals surface area contributed by atoms with Gasteiger partial charge in [0.1, 0.15) is 4.90 Å². The van der Waals surface area contributed by atoms with Crippen LogP contribution in [0.25, 0.3) is 0 Å². The van der Waals surface area contributed by atoms with E-state index >= 15 is 0 Å². The van der Waals surface area contributed by atoms with Crippen molar-refractivity contribution in [2.45, 2.75) is 31.8 Å². The summed E-state index contributed by atoms with van der Waals surface area (Å²) < 4.78 is 67.1. The molecule has 3 nitrogen and oxygen atoms in total. The number of alkyl halides is 3. The number of benzene rings is 1. The van der Waals surface area contributed by atoms with Crippen LogP contribution in [0, 0.1) is 6.92 Å². The Balaban J connectivity index is 0.00000121. The van der Waals surface area contributed by atoms with Crippen molar-refractivity contribution >= 4 is 10.1 Å². The Bertz CT molecular complexity index is 478. The molecule has 0 amide bonds. The lowest BCUT2D eigenvalue weighted by Gasteiger charge is -2.11. The fourth-order valence-corrected chi connectivity index (χ4v) is 1.78. The van der Waals surface area contributed by atoms with Crippen molar-refractivity contribution in [3.63, 3.8) is 0 Å². The van der Waals surface area contributed by atoms with Gasteiger partial charge in [0, 0.05) is 0 Å². The van der Waals surface area contributed by atoms with Gasteiger partial charge in [0.15, 0.2) is 0 Å². The largest absolute Gasteiger partial charge is 0.417 e. The lowest BCUT2D eigenvalue weighted by molar-refractivity contribution is -0.140. The molecule has 1 aromatic carbocycles. The van der Waals surface area contributed by atoms with Gasteiger partial charge in [-0.25, -0.2) is 0 Å². The summed E-state index contributed by atoms with van der Waals surface area (Å²) >= 11 is 0. The first-order valence-corrected chi connectivity index (χ1v) is 6.22. The van der Waals surface area contributed by atoms with Crippen LogP contribution in [0.1, 0.15) is 25.0 Å². The number of halogens is 3. The smallest absolute Gasteiger partial charge is 0.282 e. The molecular formula is C10H13F3O3S. The average molecular weight is 270 g/mol. The lowest BCUT2D eigenvalue weighted by Crippen LogP contribution is -2.12. The quantitative estimate of drug-likeness (QED) is 0.797. The first-order chi connectivity index (χ1) is 7.62. The van der Waals surface area contributed by atoms with Gasteiger partial charge in [-0.2, -0.15) is 21.6 Å². The van der Waals surface area contributed by atoms with Crippen LogP contribution in [0.4, 0.5) is 13.2 Å². The highest BCUT2D eigenvalue weighted by Crippen LogP contribution is 2.34. The van der Waals surface area contributed by atoms with Crippen molar-refractivity contribution in [3.8, 4) is 0 Å². The van der Waals surface area contributed by atoms with Crippen LogP contribution < -0.4 is 0 Å². The summed E-state index contributed by atoms with van der Waals surface area (Å²) in [5.41, 5.74) is -1.10. The number of rotatable bonds is 1. The fourth-order valence-electron chi connectivity index (χ4n) is 1.09. The molecule has 0 bridgehead atoms.